The first kappa shape index (κ1) is 28.0. The maximum Gasteiger partial charge on any atom is -0.00139 e. The van der Waals surface area contributed by atoms with E-state index in [1.165, 1.54) is 119 Å². The van der Waals surface area contributed by atoms with E-state index < -0.39 is 0 Å². The van der Waals surface area contributed by atoms with Crippen LogP contribution in [0.2, 0.25) is 0 Å². The largest absolute Gasteiger partial charge is 0.0622 e. The Balaban J connectivity index is 1.17. The van der Waals surface area contributed by atoms with E-state index in [4.69, 9.17) is 0 Å². The second-order valence-corrected chi connectivity index (χ2v) is 14.3. The fourth-order valence-electron chi connectivity index (χ4n) is 9.62. The van der Waals surface area contributed by atoms with Gasteiger partial charge in [-0.2, -0.15) is 0 Å². The maximum absolute atomic E-state index is 2.45. The van der Waals surface area contributed by atoms with Crippen LogP contribution in [0.4, 0.5) is 0 Å². The van der Waals surface area contributed by atoms with Crippen molar-refractivity contribution in [3.8, 4) is 22.3 Å². The van der Waals surface area contributed by atoms with Gasteiger partial charge in [-0.25, -0.2) is 0 Å². The highest BCUT2D eigenvalue weighted by atomic mass is 14.2. The van der Waals surface area contributed by atoms with Crippen molar-refractivity contribution in [2.75, 3.05) is 0 Å². The van der Waals surface area contributed by atoms with Gasteiger partial charge in [0, 0.05) is 0 Å². The first-order valence-corrected chi connectivity index (χ1v) is 18.2. The minimum absolute atomic E-state index is 1.24. The lowest BCUT2D eigenvalue weighted by atomic mass is 9.84. The topological polar surface area (TPSA) is 0 Å². The molecule has 238 valence electrons. The molecule has 0 atom stereocenters. The lowest BCUT2D eigenvalue weighted by molar-refractivity contribution is 1.66. The van der Waals surface area contributed by atoms with Gasteiger partial charge in [0.1, 0.15) is 0 Å². The quantitative estimate of drug-likeness (QED) is 0.129. The summed E-state index contributed by atoms with van der Waals surface area (Å²) in [6.07, 6.45) is 0. The van der Waals surface area contributed by atoms with E-state index in [1.807, 2.05) is 0 Å². The maximum atomic E-state index is 2.45. The molecule has 0 bridgehead atoms. The summed E-state index contributed by atoms with van der Waals surface area (Å²) >= 11 is 0. The standard InChI is InChI=1S/C52H30/c1-2-12-31(13-3-1)33-26-28-45-46-29-27-34(39-21-11-23-44(50(39)46)43-22-10-20-38(33)49(43)45)32-24-25-47-48(30-32)37-16-6-9-19-42(37)51-40-17-7-4-14-35(40)36-15-5-8-18-41(36)52(47)51/h1-30H. The molecule has 0 aliphatic rings. The van der Waals surface area contributed by atoms with Gasteiger partial charge in [-0.05, 0) is 125 Å². The molecule has 0 heteroatoms. The van der Waals surface area contributed by atoms with Crippen LogP contribution in [0.1, 0.15) is 0 Å². The molecular weight excluding hydrogens is 625 g/mol. The predicted octanol–water partition coefficient (Wildman–Crippen LogP) is 14.8. The normalized spacial score (nSPS) is 12.2. The van der Waals surface area contributed by atoms with Crippen LogP contribution < -0.4 is 0 Å². The molecule has 52 heavy (non-hydrogen) atoms. The van der Waals surface area contributed by atoms with E-state index in [2.05, 4.69) is 182 Å². The summed E-state index contributed by atoms with van der Waals surface area (Å²) in [6.45, 7) is 0. The SMILES string of the molecule is c1ccc(-c2ccc3c4ccc(-c5ccc6c(c5)c5ccccc5c5c7ccccc7c7ccccc7c65)c5cccc(c6cccc2c63)c54)cc1. The lowest BCUT2D eigenvalue weighted by Gasteiger charge is -2.19. The van der Waals surface area contributed by atoms with Gasteiger partial charge in [0.2, 0.25) is 0 Å². The Labute approximate surface area is 300 Å². The zero-order valence-electron chi connectivity index (χ0n) is 28.3. The van der Waals surface area contributed by atoms with Crippen LogP contribution >= 0.6 is 0 Å². The molecule has 0 spiro atoms. The fraction of sp³-hybridized carbons (Fsp3) is 0. The third-order valence-electron chi connectivity index (χ3n) is 11.8. The van der Waals surface area contributed by atoms with Crippen LogP contribution in [-0.2, 0) is 0 Å². The zero-order chi connectivity index (χ0) is 33.9. The van der Waals surface area contributed by atoms with Crippen LogP contribution in [0, 0.1) is 0 Å². The molecule has 0 nitrogen and oxygen atoms in total. The monoisotopic (exact) mass is 654 g/mol. The van der Waals surface area contributed by atoms with E-state index in [0.29, 0.717) is 0 Å². The average Bonchev–Trinajstić information content (AvgIpc) is 3.22. The summed E-state index contributed by atoms with van der Waals surface area (Å²) in [5.74, 6) is 0. The Morgan fingerprint density at radius 1 is 0.173 bits per heavy atom. The minimum Gasteiger partial charge on any atom is -0.0622 e. The molecule has 0 aromatic heterocycles. The summed E-state index contributed by atoms with van der Waals surface area (Å²) in [7, 11) is 0. The number of fused-ring (bicyclic) bond motifs is 13. The molecule has 0 amide bonds. The molecule has 12 rings (SSSR count). The highest BCUT2D eigenvalue weighted by molar-refractivity contribution is 6.40. The van der Waals surface area contributed by atoms with E-state index in [0.717, 1.165) is 0 Å². The Morgan fingerprint density at radius 2 is 0.519 bits per heavy atom. The number of hydrogen-bond acceptors (Lipinski definition) is 0. The van der Waals surface area contributed by atoms with E-state index in [1.54, 1.807) is 0 Å². The minimum atomic E-state index is 1.24. The van der Waals surface area contributed by atoms with Gasteiger partial charge < -0.3 is 0 Å². The third-order valence-corrected chi connectivity index (χ3v) is 11.8. The molecular formula is C52H30. The van der Waals surface area contributed by atoms with Gasteiger partial charge in [-0.15, -0.1) is 0 Å². The van der Waals surface area contributed by atoms with Gasteiger partial charge in [0.15, 0.2) is 0 Å². The van der Waals surface area contributed by atoms with Gasteiger partial charge in [-0.1, -0.05) is 176 Å². The summed E-state index contributed by atoms with van der Waals surface area (Å²) in [6, 6.07) is 67.9. The third kappa shape index (κ3) is 3.66. The highest BCUT2D eigenvalue weighted by Gasteiger charge is 2.19. The van der Waals surface area contributed by atoms with Crippen molar-refractivity contribution in [2.45, 2.75) is 0 Å². The van der Waals surface area contributed by atoms with E-state index in [9.17, 15) is 0 Å². The average molecular weight is 655 g/mol. The van der Waals surface area contributed by atoms with Crippen molar-refractivity contribution < 1.29 is 0 Å². The van der Waals surface area contributed by atoms with Crippen molar-refractivity contribution in [1.82, 2.24) is 0 Å². The summed E-state index contributed by atoms with van der Waals surface area (Å²) < 4.78 is 0. The van der Waals surface area contributed by atoms with Crippen molar-refractivity contribution in [2.24, 2.45) is 0 Å². The van der Waals surface area contributed by atoms with Crippen LogP contribution in [-0.4, -0.2) is 0 Å². The molecule has 0 aliphatic heterocycles. The highest BCUT2D eigenvalue weighted by Crippen LogP contribution is 2.47. The molecule has 0 saturated carbocycles. The number of rotatable bonds is 2. The molecule has 0 unspecified atom stereocenters. The second kappa shape index (κ2) is 10.4. The Hall–Kier alpha value is -6.76. The summed E-state index contributed by atoms with van der Waals surface area (Å²) in [5, 5.41) is 23.7. The van der Waals surface area contributed by atoms with Crippen LogP contribution in [0.3, 0.4) is 0 Å². The molecule has 0 N–H and O–H groups in total. The lowest BCUT2D eigenvalue weighted by Crippen LogP contribution is -1.91. The second-order valence-electron chi connectivity index (χ2n) is 14.3. The Bertz CT molecular complexity index is 3420. The molecule has 0 saturated heterocycles. The molecule has 12 aromatic rings. The van der Waals surface area contributed by atoms with E-state index in [-0.39, 0.29) is 0 Å². The molecule has 0 heterocycles. The molecule has 12 aromatic carbocycles. The first-order chi connectivity index (χ1) is 25.8. The van der Waals surface area contributed by atoms with Crippen molar-refractivity contribution in [1.29, 1.82) is 0 Å². The Morgan fingerprint density at radius 3 is 1.06 bits per heavy atom. The first-order valence-electron chi connectivity index (χ1n) is 18.2. The predicted molar refractivity (Wildman–Crippen MR) is 226 cm³/mol. The molecule has 0 fully saturated rings. The summed E-state index contributed by atoms with van der Waals surface area (Å²) in [5.41, 5.74) is 5.05. The van der Waals surface area contributed by atoms with Crippen molar-refractivity contribution in [3.05, 3.63) is 182 Å². The van der Waals surface area contributed by atoms with Crippen LogP contribution in [0.5, 0.6) is 0 Å². The van der Waals surface area contributed by atoms with Gasteiger partial charge in [0.25, 0.3) is 0 Å². The van der Waals surface area contributed by atoms with Gasteiger partial charge in [-0.3, -0.25) is 0 Å². The molecule has 0 radical (unpaired) electrons. The Kier molecular flexibility index (Phi) is 5.59. The van der Waals surface area contributed by atoms with Crippen molar-refractivity contribution >= 4 is 97.0 Å². The van der Waals surface area contributed by atoms with Crippen LogP contribution in [0.15, 0.2) is 182 Å². The van der Waals surface area contributed by atoms with Crippen LogP contribution in [0.25, 0.3) is 119 Å². The number of benzene rings is 12. The fourth-order valence-corrected chi connectivity index (χ4v) is 9.62. The zero-order valence-corrected chi connectivity index (χ0v) is 28.3. The van der Waals surface area contributed by atoms with Crippen molar-refractivity contribution in [3.63, 3.8) is 0 Å². The summed E-state index contributed by atoms with van der Waals surface area (Å²) in [4.78, 5) is 0. The smallest absolute Gasteiger partial charge is 0.00139 e. The van der Waals surface area contributed by atoms with Gasteiger partial charge in [0.05, 0.1) is 0 Å². The van der Waals surface area contributed by atoms with Gasteiger partial charge >= 0.3 is 0 Å². The number of hydrogen-bond donors (Lipinski definition) is 0. The van der Waals surface area contributed by atoms with E-state index >= 15 is 0 Å². The molecule has 0 aliphatic carbocycles.